The zero-order valence-corrected chi connectivity index (χ0v) is 10.9. The number of morpholine rings is 1. The molecule has 1 amide bonds. The maximum absolute atomic E-state index is 12.4. The van der Waals surface area contributed by atoms with Gasteiger partial charge in [0, 0.05) is 25.8 Å². The number of nitrogens with zero attached hydrogens (tertiary/aromatic N) is 2. The predicted molar refractivity (Wildman–Crippen MR) is 72.5 cm³/mol. The maximum atomic E-state index is 12.4. The minimum atomic E-state index is -0.405. The zero-order valence-electron chi connectivity index (χ0n) is 10.9. The van der Waals surface area contributed by atoms with E-state index in [1.54, 1.807) is 17.2 Å². The van der Waals surface area contributed by atoms with Crippen molar-refractivity contribution < 1.29 is 9.53 Å². The molecule has 102 valence electrons. The molecule has 2 heterocycles. The van der Waals surface area contributed by atoms with Gasteiger partial charge in [0.05, 0.1) is 18.8 Å². The summed E-state index contributed by atoms with van der Waals surface area (Å²) in [7, 11) is 0. The second kappa shape index (κ2) is 7.01. The highest BCUT2D eigenvalue weighted by Gasteiger charge is 2.26. The molecule has 2 rings (SSSR count). The van der Waals surface area contributed by atoms with Crippen LogP contribution in [-0.2, 0) is 16.1 Å². The van der Waals surface area contributed by atoms with Crippen LogP contribution in [0.3, 0.4) is 0 Å². The fourth-order valence-corrected chi connectivity index (χ4v) is 2.00. The van der Waals surface area contributed by atoms with Crippen LogP contribution in [0, 0.1) is 0 Å². The Labute approximate surface area is 113 Å². The second-order valence-corrected chi connectivity index (χ2v) is 4.39. The lowest BCUT2D eigenvalue weighted by molar-refractivity contribution is -0.145. The molecule has 1 aliphatic heterocycles. The predicted octanol–water partition coefficient (Wildman–Crippen LogP) is 0.585. The summed E-state index contributed by atoms with van der Waals surface area (Å²) in [6.07, 6.45) is 3.04. The number of hydrogen-bond acceptors (Lipinski definition) is 4. The van der Waals surface area contributed by atoms with E-state index in [9.17, 15) is 4.79 Å². The molecule has 0 aliphatic carbocycles. The van der Waals surface area contributed by atoms with Crippen LogP contribution in [0.4, 0.5) is 0 Å². The Hall–Kier alpha value is -1.72. The van der Waals surface area contributed by atoms with Crippen molar-refractivity contribution in [2.45, 2.75) is 12.6 Å². The number of hydrogen-bond donors (Lipinski definition) is 1. The summed E-state index contributed by atoms with van der Waals surface area (Å²) in [6.45, 7) is 6.60. The van der Waals surface area contributed by atoms with Gasteiger partial charge in [0.25, 0.3) is 5.91 Å². The molecule has 1 saturated heterocycles. The van der Waals surface area contributed by atoms with E-state index in [4.69, 9.17) is 4.74 Å². The Bertz CT molecular complexity index is 416. The lowest BCUT2D eigenvalue weighted by atomic mass is 10.2. The highest BCUT2D eigenvalue weighted by molar-refractivity contribution is 5.81. The average molecular weight is 261 g/mol. The van der Waals surface area contributed by atoms with Crippen LogP contribution in [0.1, 0.15) is 5.69 Å². The summed E-state index contributed by atoms with van der Waals surface area (Å²) in [4.78, 5) is 18.3. The summed E-state index contributed by atoms with van der Waals surface area (Å²) < 4.78 is 5.50. The first-order valence-electron chi connectivity index (χ1n) is 6.43. The van der Waals surface area contributed by atoms with E-state index in [-0.39, 0.29) is 5.91 Å². The Kier molecular flexibility index (Phi) is 5.06. The molecular weight excluding hydrogens is 242 g/mol. The van der Waals surface area contributed by atoms with Crippen LogP contribution in [-0.4, -0.2) is 48.1 Å². The molecule has 1 aromatic rings. The van der Waals surface area contributed by atoms with Gasteiger partial charge in [-0.2, -0.15) is 0 Å². The first-order chi connectivity index (χ1) is 9.31. The van der Waals surface area contributed by atoms with Crippen LogP contribution in [0.5, 0.6) is 0 Å². The molecule has 0 unspecified atom stereocenters. The van der Waals surface area contributed by atoms with E-state index < -0.39 is 6.10 Å². The highest BCUT2D eigenvalue weighted by atomic mass is 16.5. The van der Waals surface area contributed by atoms with Crippen LogP contribution < -0.4 is 5.32 Å². The number of aromatic nitrogens is 1. The van der Waals surface area contributed by atoms with Gasteiger partial charge in [-0.1, -0.05) is 12.1 Å². The molecule has 1 fully saturated rings. The SMILES string of the molecule is C=CCN(Cc1ccccn1)C(=O)[C@@H]1CNCCO1. The third-order valence-electron chi connectivity index (χ3n) is 2.94. The molecular formula is C14H19N3O2. The van der Waals surface area contributed by atoms with Gasteiger partial charge in [-0.3, -0.25) is 9.78 Å². The van der Waals surface area contributed by atoms with Gasteiger partial charge in [0.2, 0.25) is 0 Å². The van der Waals surface area contributed by atoms with Crippen molar-refractivity contribution in [3.63, 3.8) is 0 Å². The normalized spacial score (nSPS) is 18.8. The minimum absolute atomic E-state index is 0.0160. The number of carbonyl (C=O) groups is 1. The smallest absolute Gasteiger partial charge is 0.253 e. The van der Waals surface area contributed by atoms with Crippen LogP contribution in [0.25, 0.3) is 0 Å². The summed E-state index contributed by atoms with van der Waals surface area (Å²) >= 11 is 0. The molecule has 0 bridgehead atoms. The zero-order chi connectivity index (χ0) is 13.5. The summed E-state index contributed by atoms with van der Waals surface area (Å²) in [5.41, 5.74) is 0.862. The first kappa shape index (κ1) is 13.7. The van der Waals surface area contributed by atoms with Gasteiger partial charge in [-0.05, 0) is 12.1 Å². The number of nitrogens with one attached hydrogen (secondary N) is 1. The summed E-state index contributed by atoms with van der Waals surface area (Å²) in [6, 6.07) is 5.68. The number of pyridine rings is 1. The van der Waals surface area contributed by atoms with Gasteiger partial charge >= 0.3 is 0 Å². The Morgan fingerprint density at radius 2 is 2.53 bits per heavy atom. The molecule has 1 aromatic heterocycles. The van der Waals surface area contributed by atoms with Gasteiger partial charge in [0.15, 0.2) is 0 Å². The van der Waals surface area contributed by atoms with Gasteiger partial charge in [0.1, 0.15) is 6.10 Å². The van der Waals surface area contributed by atoms with Crippen molar-refractivity contribution in [1.82, 2.24) is 15.2 Å². The number of rotatable bonds is 5. The third-order valence-corrected chi connectivity index (χ3v) is 2.94. The van der Waals surface area contributed by atoms with Gasteiger partial charge in [-0.25, -0.2) is 0 Å². The Morgan fingerprint density at radius 1 is 1.63 bits per heavy atom. The number of carbonyl (C=O) groups excluding carboxylic acids is 1. The van der Waals surface area contributed by atoms with E-state index in [2.05, 4.69) is 16.9 Å². The van der Waals surface area contributed by atoms with Crippen LogP contribution in [0.2, 0.25) is 0 Å². The second-order valence-electron chi connectivity index (χ2n) is 4.39. The molecule has 0 spiro atoms. The molecule has 0 radical (unpaired) electrons. The molecule has 1 aliphatic rings. The molecule has 1 N–H and O–H groups in total. The molecule has 5 heteroatoms. The minimum Gasteiger partial charge on any atom is -0.366 e. The van der Waals surface area contributed by atoms with E-state index in [1.165, 1.54) is 0 Å². The lowest BCUT2D eigenvalue weighted by Crippen LogP contribution is -2.49. The van der Waals surface area contributed by atoms with Crippen molar-refractivity contribution in [3.05, 3.63) is 42.7 Å². The molecule has 5 nitrogen and oxygen atoms in total. The van der Waals surface area contributed by atoms with Crippen molar-refractivity contribution in [2.24, 2.45) is 0 Å². The monoisotopic (exact) mass is 261 g/mol. The topological polar surface area (TPSA) is 54.5 Å². The first-order valence-corrected chi connectivity index (χ1v) is 6.43. The van der Waals surface area contributed by atoms with Crippen molar-refractivity contribution in [1.29, 1.82) is 0 Å². The lowest BCUT2D eigenvalue weighted by Gasteiger charge is -2.29. The van der Waals surface area contributed by atoms with Gasteiger partial charge < -0.3 is 15.0 Å². The summed E-state index contributed by atoms with van der Waals surface area (Å²) in [5.74, 6) is -0.0160. The molecule has 0 saturated carbocycles. The maximum Gasteiger partial charge on any atom is 0.253 e. The number of amides is 1. The molecule has 0 aromatic carbocycles. The molecule has 19 heavy (non-hydrogen) atoms. The highest BCUT2D eigenvalue weighted by Crippen LogP contribution is 2.07. The van der Waals surface area contributed by atoms with Gasteiger partial charge in [-0.15, -0.1) is 6.58 Å². The number of ether oxygens (including phenoxy) is 1. The van der Waals surface area contributed by atoms with Crippen LogP contribution >= 0.6 is 0 Å². The van der Waals surface area contributed by atoms with Crippen molar-refractivity contribution in [3.8, 4) is 0 Å². The van der Waals surface area contributed by atoms with E-state index >= 15 is 0 Å². The fourth-order valence-electron chi connectivity index (χ4n) is 2.00. The fraction of sp³-hybridized carbons (Fsp3) is 0.429. The largest absolute Gasteiger partial charge is 0.366 e. The van der Waals surface area contributed by atoms with E-state index in [0.29, 0.717) is 26.2 Å². The standard InChI is InChI=1S/C14H19N3O2/c1-2-8-17(11-12-5-3-4-6-16-12)14(18)13-10-15-7-9-19-13/h2-6,13,15H,1,7-11H2/t13-/m0/s1. The Balaban J connectivity index is 2.02. The third kappa shape index (κ3) is 3.87. The quantitative estimate of drug-likeness (QED) is 0.788. The van der Waals surface area contributed by atoms with E-state index in [0.717, 1.165) is 12.2 Å². The van der Waals surface area contributed by atoms with Crippen molar-refractivity contribution in [2.75, 3.05) is 26.2 Å². The molecule has 1 atom stereocenters. The summed E-state index contributed by atoms with van der Waals surface area (Å²) in [5, 5.41) is 3.16. The van der Waals surface area contributed by atoms with Crippen LogP contribution in [0.15, 0.2) is 37.1 Å². The van der Waals surface area contributed by atoms with E-state index in [1.807, 2.05) is 18.2 Å². The Morgan fingerprint density at radius 3 is 3.16 bits per heavy atom. The van der Waals surface area contributed by atoms with Crippen molar-refractivity contribution >= 4 is 5.91 Å². The average Bonchev–Trinajstić information content (AvgIpc) is 2.48.